The van der Waals surface area contributed by atoms with E-state index in [1.165, 1.54) is 6.07 Å². The molecule has 0 bridgehead atoms. The van der Waals surface area contributed by atoms with Gasteiger partial charge in [0.1, 0.15) is 11.6 Å². The van der Waals surface area contributed by atoms with Gasteiger partial charge in [-0.15, -0.1) is 0 Å². The lowest BCUT2D eigenvalue weighted by Crippen LogP contribution is -2.44. The number of anilines is 1. The summed E-state index contributed by atoms with van der Waals surface area (Å²) in [6.07, 6.45) is 1.67. The van der Waals surface area contributed by atoms with Crippen molar-refractivity contribution in [3.63, 3.8) is 0 Å². The summed E-state index contributed by atoms with van der Waals surface area (Å²) in [5.41, 5.74) is 0.895. The molecule has 0 spiro atoms. The van der Waals surface area contributed by atoms with Crippen molar-refractivity contribution in [3.8, 4) is 0 Å². The molecule has 1 aromatic carbocycles. The average Bonchev–Trinajstić information content (AvgIpc) is 2.95. The largest absolute Gasteiger partial charge is 0.456 e. The van der Waals surface area contributed by atoms with E-state index in [0.29, 0.717) is 5.76 Å². The molecular formula is C17H19FN2O2. The Labute approximate surface area is 128 Å². The lowest BCUT2D eigenvalue weighted by atomic mass is 10.0. The van der Waals surface area contributed by atoms with Crippen molar-refractivity contribution in [1.82, 2.24) is 5.32 Å². The smallest absolute Gasteiger partial charge is 0.287 e. The Bertz CT molecular complexity index is 660. The molecular weight excluding hydrogens is 283 g/mol. The van der Waals surface area contributed by atoms with E-state index in [4.69, 9.17) is 4.42 Å². The Balaban J connectivity index is 1.54. The van der Waals surface area contributed by atoms with Crippen LogP contribution in [0.15, 0.2) is 40.8 Å². The number of piperidine rings is 1. The third-order valence-corrected chi connectivity index (χ3v) is 3.97. The molecule has 0 atom stereocenters. The second-order valence-corrected chi connectivity index (χ2v) is 5.62. The first-order valence-corrected chi connectivity index (χ1v) is 7.49. The van der Waals surface area contributed by atoms with Crippen LogP contribution in [0.2, 0.25) is 0 Å². The number of aryl methyl sites for hydroxylation is 1. The number of hydrogen-bond acceptors (Lipinski definition) is 3. The fraction of sp³-hybridized carbons (Fsp3) is 0.353. The van der Waals surface area contributed by atoms with E-state index >= 15 is 0 Å². The van der Waals surface area contributed by atoms with Crippen LogP contribution < -0.4 is 10.2 Å². The van der Waals surface area contributed by atoms with E-state index in [1.54, 1.807) is 24.3 Å². The fourth-order valence-electron chi connectivity index (χ4n) is 2.77. The first-order valence-electron chi connectivity index (χ1n) is 7.49. The van der Waals surface area contributed by atoms with Gasteiger partial charge in [0, 0.05) is 24.8 Å². The molecule has 2 heterocycles. The molecule has 0 radical (unpaired) electrons. The Morgan fingerprint density at radius 2 is 2.05 bits per heavy atom. The third kappa shape index (κ3) is 3.30. The number of benzene rings is 1. The lowest BCUT2D eigenvalue weighted by Gasteiger charge is -2.33. The van der Waals surface area contributed by atoms with Gasteiger partial charge in [0.15, 0.2) is 5.76 Å². The van der Waals surface area contributed by atoms with Gasteiger partial charge in [0.2, 0.25) is 0 Å². The van der Waals surface area contributed by atoms with Crippen LogP contribution in [0.1, 0.15) is 29.2 Å². The summed E-state index contributed by atoms with van der Waals surface area (Å²) < 4.78 is 18.6. The summed E-state index contributed by atoms with van der Waals surface area (Å²) in [5, 5.41) is 3.00. The van der Waals surface area contributed by atoms with Crippen LogP contribution in [0.4, 0.5) is 10.1 Å². The quantitative estimate of drug-likeness (QED) is 0.947. The summed E-state index contributed by atoms with van der Waals surface area (Å²) in [7, 11) is 0. The van der Waals surface area contributed by atoms with Crippen LogP contribution >= 0.6 is 0 Å². The Morgan fingerprint density at radius 3 is 2.68 bits per heavy atom. The molecule has 1 aliphatic rings. The molecule has 4 nitrogen and oxygen atoms in total. The van der Waals surface area contributed by atoms with Gasteiger partial charge < -0.3 is 14.6 Å². The van der Waals surface area contributed by atoms with E-state index < -0.39 is 0 Å². The first kappa shape index (κ1) is 14.6. The number of amides is 1. The van der Waals surface area contributed by atoms with Crippen molar-refractivity contribution >= 4 is 11.6 Å². The number of nitrogens with zero attached hydrogens (tertiary/aromatic N) is 1. The minimum absolute atomic E-state index is 0.128. The number of halogens is 1. The van der Waals surface area contributed by atoms with E-state index in [9.17, 15) is 9.18 Å². The SMILES string of the molecule is Cc1ccc(C(=O)NC2CCN(c3cccc(F)c3)CC2)o1. The summed E-state index contributed by atoms with van der Waals surface area (Å²) in [5.74, 6) is 0.689. The molecule has 3 rings (SSSR count). The van der Waals surface area contributed by atoms with E-state index in [2.05, 4.69) is 10.2 Å². The van der Waals surface area contributed by atoms with Crippen LogP contribution in [0, 0.1) is 12.7 Å². The Kier molecular flexibility index (Phi) is 4.13. The number of nitrogens with one attached hydrogen (secondary N) is 1. The van der Waals surface area contributed by atoms with Crippen molar-refractivity contribution in [2.24, 2.45) is 0 Å². The van der Waals surface area contributed by atoms with Crippen molar-refractivity contribution in [2.75, 3.05) is 18.0 Å². The average molecular weight is 302 g/mol. The molecule has 1 N–H and O–H groups in total. The summed E-state index contributed by atoms with van der Waals surface area (Å²) in [6.45, 7) is 3.41. The van der Waals surface area contributed by atoms with Gasteiger partial charge in [-0.3, -0.25) is 4.79 Å². The minimum atomic E-state index is -0.221. The third-order valence-electron chi connectivity index (χ3n) is 3.97. The second-order valence-electron chi connectivity index (χ2n) is 5.62. The van der Waals surface area contributed by atoms with Crippen LogP contribution in [-0.4, -0.2) is 25.0 Å². The Morgan fingerprint density at radius 1 is 1.27 bits per heavy atom. The molecule has 1 amide bonds. The van der Waals surface area contributed by atoms with Crippen LogP contribution in [0.5, 0.6) is 0 Å². The molecule has 5 heteroatoms. The fourth-order valence-corrected chi connectivity index (χ4v) is 2.77. The number of hydrogen-bond donors (Lipinski definition) is 1. The predicted molar refractivity (Wildman–Crippen MR) is 82.5 cm³/mol. The maximum Gasteiger partial charge on any atom is 0.287 e. The molecule has 1 fully saturated rings. The highest BCUT2D eigenvalue weighted by molar-refractivity contribution is 5.91. The zero-order valence-corrected chi connectivity index (χ0v) is 12.5. The van der Waals surface area contributed by atoms with Gasteiger partial charge >= 0.3 is 0 Å². The summed E-state index contributed by atoms with van der Waals surface area (Å²) >= 11 is 0. The van der Waals surface area contributed by atoms with Crippen molar-refractivity contribution in [1.29, 1.82) is 0 Å². The van der Waals surface area contributed by atoms with Crippen LogP contribution in [0.25, 0.3) is 0 Å². The first-order chi connectivity index (χ1) is 10.6. The van der Waals surface area contributed by atoms with E-state index in [0.717, 1.165) is 37.4 Å². The highest BCUT2D eigenvalue weighted by atomic mass is 19.1. The molecule has 0 aliphatic carbocycles. The van der Waals surface area contributed by atoms with Crippen molar-refractivity contribution < 1.29 is 13.6 Å². The zero-order chi connectivity index (χ0) is 15.5. The molecule has 116 valence electrons. The molecule has 0 saturated carbocycles. The van der Waals surface area contributed by atoms with Gasteiger partial charge in [-0.05, 0) is 50.1 Å². The molecule has 0 unspecified atom stereocenters. The van der Waals surface area contributed by atoms with Gasteiger partial charge in [0.05, 0.1) is 0 Å². The minimum Gasteiger partial charge on any atom is -0.456 e. The molecule has 1 aliphatic heterocycles. The topological polar surface area (TPSA) is 45.5 Å². The van der Waals surface area contributed by atoms with Gasteiger partial charge in [-0.1, -0.05) is 6.07 Å². The van der Waals surface area contributed by atoms with Gasteiger partial charge in [-0.25, -0.2) is 4.39 Å². The number of rotatable bonds is 3. The normalized spacial score (nSPS) is 15.8. The van der Waals surface area contributed by atoms with Crippen LogP contribution in [-0.2, 0) is 0 Å². The summed E-state index contributed by atoms with van der Waals surface area (Å²) in [4.78, 5) is 14.2. The highest BCUT2D eigenvalue weighted by Gasteiger charge is 2.22. The number of furan rings is 1. The molecule has 22 heavy (non-hydrogen) atoms. The molecule has 1 aromatic heterocycles. The maximum atomic E-state index is 13.3. The Hall–Kier alpha value is -2.30. The predicted octanol–water partition coefficient (Wildman–Crippen LogP) is 3.13. The van der Waals surface area contributed by atoms with Gasteiger partial charge in [-0.2, -0.15) is 0 Å². The number of carbonyl (C=O) groups excluding carboxylic acids is 1. The van der Waals surface area contributed by atoms with E-state index in [-0.39, 0.29) is 17.8 Å². The molecule has 2 aromatic rings. The van der Waals surface area contributed by atoms with Crippen LogP contribution in [0.3, 0.4) is 0 Å². The second kappa shape index (κ2) is 6.22. The van der Waals surface area contributed by atoms with Crippen molar-refractivity contribution in [3.05, 3.63) is 53.7 Å². The van der Waals surface area contributed by atoms with Crippen molar-refractivity contribution in [2.45, 2.75) is 25.8 Å². The lowest BCUT2D eigenvalue weighted by molar-refractivity contribution is 0.0901. The van der Waals surface area contributed by atoms with Gasteiger partial charge in [0.25, 0.3) is 5.91 Å². The number of carbonyl (C=O) groups is 1. The van der Waals surface area contributed by atoms with E-state index in [1.807, 2.05) is 13.0 Å². The zero-order valence-electron chi connectivity index (χ0n) is 12.5. The summed E-state index contributed by atoms with van der Waals surface area (Å²) in [6, 6.07) is 10.2. The highest BCUT2D eigenvalue weighted by Crippen LogP contribution is 2.21. The maximum absolute atomic E-state index is 13.3. The monoisotopic (exact) mass is 302 g/mol. The molecule has 1 saturated heterocycles. The standard InChI is InChI=1S/C17H19FN2O2/c1-12-5-6-16(22-12)17(21)19-14-7-9-20(10-8-14)15-4-2-3-13(18)11-15/h2-6,11,14H,7-10H2,1H3,(H,19,21).